The normalized spacial score (nSPS) is 12.1. The van der Waals surface area contributed by atoms with Gasteiger partial charge in [0.05, 0.1) is 19.2 Å². The van der Waals surface area contributed by atoms with Gasteiger partial charge in [0.2, 0.25) is 0 Å². The third-order valence-corrected chi connectivity index (χ3v) is 5.19. The van der Waals surface area contributed by atoms with Gasteiger partial charge in [-0.3, -0.25) is 4.79 Å². The summed E-state index contributed by atoms with van der Waals surface area (Å²) in [6.45, 7) is 4.12. The largest absolute Gasteiger partial charge is 0.469 e. The van der Waals surface area contributed by atoms with Gasteiger partial charge < -0.3 is 4.74 Å². The van der Waals surface area contributed by atoms with Crippen molar-refractivity contribution in [1.82, 2.24) is 4.98 Å². The first kappa shape index (κ1) is 16.0. The van der Waals surface area contributed by atoms with E-state index in [-0.39, 0.29) is 11.2 Å². The monoisotopic (exact) mass is 321 g/mol. The number of thioether (sulfide) groups is 1. The summed E-state index contributed by atoms with van der Waals surface area (Å²) in [5.41, 5.74) is 3.48. The highest BCUT2D eigenvalue weighted by molar-refractivity contribution is 7.99. The van der Waals surface area contributed by atoms with Crippen LogP contribution in [0.5, 0.6) is 0 Å². The molecule has 1 aromatic heterocycles. The number of carbonyl (C=O) groups is 1. The molecule has 0 N–H and O–H groups in total. The second-order valence-electron chi connectivity index (χ2n) is 4.91. The topological polar surface area (TPSA) is 39.2 Å². The van der Waals surface area contributed by atoms with Crippen molar-refractivity contribution >= 4 is 29.1 Å². The maximum Gasteiger partial charge on any atom is 0.306 e. The maximum atomic E-state index is 11.2. The Labute approximate surface area is 133 Å². The van der Waals surface area contributed by atoms with Crippen molar-refractivity contribution in [3.8, 4) is 10.6 Å². The zero-order valence-electron chi connectivity index (χ0n) is 12.5. The molecule has 0 radical (unpaired) electrons. The van der Waals surface area contributed by atoms with E-state index < -0.39 is 0 Å². The van der Waals surface area contributed by atoms with E-state index in [1.807, 2.05) is 6.92 Å². The molecule has 21 heavy (non-hydrogen) atoms. The molecule has 5 heteroatoms. The molecule has 0 bridgehead atoms. The molecule has 1 unspecified atom stereocenters. The van der Waals surface area contributed by atoms with Crippen molar-refractivity contribution < 1.29 is 9.53 Å². The fourth-order valence-corrected chi connectivity index (χ4v) is 3.60. The summed E-state index contributed by atoms with van der Waals surface area (Å²) in [7, 11) is 1.42. The first-order chi connectivity index (χ1) is 10.1. The number of methoxy groups -OCH3 is 1. The first-order valence-electron chi connectivity index (χ1n) is 6.78. The Balaban J connectivity index is 1.91. The zero-order chi connectivity index (χ0) is 15.2. The summed E-state index contributed by atoms with van der Waals surface area (Å²) in [5, 5.41) is 3.38. The summed E-state index contributed by atoms with van der Waals surface area (Å²) < 4.78 is 4.68. The number of hydrogen-bond acceptors (Lipinski definition) is 5. The molecule has 0 spiro atoms. The molecule has 0 saturated carbocycles. The Kier molecular flexibility index (Phi) is 5.82. The summed E-state index contributed by atoms with van der Waals surface area (Å²) in [5.74, 6) is 0.661. The van der Waals surface area contributed by atoms with Crippen LogP contribution in [0, 0.1) is 6.92 Å². The highest BCUT2D eigenvalue weighted by Crippen LogP contribution is 2.27. The molecule has 1 heterocycles. The molecule has 0 aliphatic carbocycles. The van der Waals surface area contributed by atoms with Gasteiger partial charge in [0, 0.05) is 21.9 Å². The van der Waals surface area contributed by atoms with E-state index in [1.54, 1.807) is 23.1 Å². The van der Waals surface area contributed by atoms with Crippen LogP contribution in [-0.4, -0.2) is 23.3 Å². The average molecular weight is 321 g/mol. The van der Waals surface area contributed by atoms with Crippen molar-refractivity contribution in [2.75, 3.05) is 7.11 Å². The predicted octanol–water partition coefficient (Wildman–Crippen LogP) is 4.30. The van der Waals surface area contributed by atoms with Crippen LogP contribution in [0.2, 0.25) is 0 Å². The summed E-state index contributed by atoms with van der Waals surface area (Å²) in [6, 6.07) is 8.41. The fraction of sp³-hybridized carbons (Fsp3) is 0.375. The van der Waals surface area contributed by atoms with Gasteiger partial charge in [-0.15, -0.1) is 11.3 Å². The minimum absolute atomic E-state index is 0.159. The lowest BCUT2D eigenvalue weighted by Gasteiger charge is -2.08. The van der Waals surface area contributed by atoms with Crippen LogP contribution in [0.3, 0.4) is 0 Å². The lowest BCUT2D eigenvalue weighted by Crippen LogP contribution is -2.08. The van der Waals surface area contributed by atoms with Crippen LogP contribution in [0.4, 0.5) is 0 Å². The highest BCUT2D eigenvalue weighted by Gasteiger charge is 2.11. The second kappa shape index (κ2) is 7.61. The molecule has 2 rings (SSSR count). The number of aromatic nitrogens is 1. The Hall–Kier alpha value is -1.33. The van der Waals surface area contributed by atoms with E-state index in [2.05, 4.69) is 46.3 Å². The van der Waals surface area contributed by atoms with Crippen molar-refractivity contribution in [2.45, 2.75) is 31.3 Å². The Morgan fingerprint density at radius 2 is 2.10 bits per heavy atom. The zero-order valence-corrected chi connectivity index (χ0v) is 14.1. The SMILES string of the molecule is COC(=O)CC(C)SCc1csc(-c2ccc(C)cc2)n1. The van der Waals surface area contributed by atoms with E-state index in [4.69, 9.17) is 0 Å². The van der Waals surface area contributed by atoms with Crippen molar-refractivity contribution in [3.05, 3.63) is 40.9 Å². The summed E-state index contributed by atoms with van der Waals surface area (Å²) in [6.07, 6.45) is 0.441. The smallest absolute Gasteiger partial charge is 0.306 e. The van der Waals surface area contributed by atoms with Crippen LogP contribution in [0.15, 0.2) is 29.6 Å². The molecule has 112 valence electrons. The number of esters is 1. The number of aryl methyl sites for hydroxylation is 1. The molecular formula is C16H19NO2S2. The van der Waals surface area contributed by atoms with Crippen LogP contribution in [0.25, 0.3) is 10.6 Å². The van der Waals surface area contributed by atoms with E-state index in [9.17, 15) is 4.79 Å². The molecule has 0 aliphatic heterocycles. The number of benzene rings is 1. The predicted molar refractivity (Wildman–Crippen MR) is 89.7 cm³/mol. The van der Waals surface area contributed by atoms with Gasteiger partial charge in [0.25, 0.3) is 0 Å². The molecule has 1 atom stereocenters. The molecule has 0 fully saturated rings. The fourth-order valence-electron chi connectivity index (χ4n) is 1.81. The molecule has 0 aliphatic rings. The molecule has 0 amide bonds. The Morgan fingerprint density at radius 1 is 1.38 bits per heavy atom. The van der Waals surface area contributed by atoms with Gasteiger partial charge in [-0.2, -0.15) is 11.8 Å². The second-order valence-corrected chi connectivity index (χ2v) is 7.20. The van der Waals surface area contributed by atoms with Crippen molar-refractivity contribution in [1.29, 1.82) is 0 Å². The van der Waals surface area contributed by atoms with Gasteiger partial charge >= 0.3 is 5.97 Å². The molecule has 3 nitrogen and oxygen atoms in total. The average Bonchev–Trinajstić information content (AvgIpc) is 2.94. The van der Waals surface area contributed by atoms with Crippen molar-refractivity contribution in [3.63, 3.8) is 0 Å². The van der Waals surface area contributed by atoms with Crippen LogP contribution < -0.4 is 0 Å². The molecular weight excluding hydrogens is 302 g/mol. The quantitative estimate of drug-likeness (QED) is 0.744. The number of hydrogen-bond donors (Lipinski definition) is 0. The number of thiazole rings is 1. The Bertz CT molecular complexity index is 593. The third-order valence-electron chi connectivity index (χ3n) is 3.05. The minimum atomic E-state index is -0.159. The van der Waals surface area contributed by atoms with Gasteiger partial charge in [0.15, 0.2) is 0 Å². The first-order valence-corrected chi connectivity index (χ1v) is 8.71. The van der Waals surface area contributed by atoms with E-state index in [0.29, 0.717) is 6.42 Å². The standard InChI is InChI=1S/C16H19NO2S2/c1-11-4-6-13(7-5-11)16-17-14(10-21-16)9-20-12(2)8-15(18)19-3/h4-7,10,12H,8-9H2,1-3H3. The van der Waals surface area contributed by atoms with Gasteiger partial charge in [-0.05, 0) is 6.92 Å². The number of ether oxygens (including phenoxy) is 1. The molecule has 0 saturated heterocycles. The number of nitrogens with zero attached hydrogens (tertiary/aromatic N) is 1. The van der Waals surface area contributed by atoms with E-state index in [0.717, 1.165) is 22.0 Å². The minimum Gasteiger partial charge on any atom is -0.469 e. The third kappa shape index (κ3) is 4.86. The van der Waals surface area contributed by atoms with Gasteiger partial charge in [-0.1, -0.05) is 36.8 Å². The molecule has 2 aromatic rings. The molecule has 1 aromatic carbocycles. The maximum absolute atomic E-state index is 11.2. The lowest BCUT2D eigenvalue weighted by molar-refractivity contribution is -0.140. The van der Waals surface area contributed by atoms with E-state index >= 15 is 0 Å². The Morgan fingerprint density at radius 3 is 2.76 bits per heavy atom. The summed E-state index contributed by atoms with van der Waals surface area (Å²) >= 11 is 3.39. The van der Waals surface area contributed by atoms with Gasteiger partial charge in [0.1, 0.15) is 5.01 Å². The number of carbonyl (C=O) groups excluding carboxylic acids is 1. The lowest BCUT2D eigenvalue weighted by atomic mass is 10.2. The van der Waals surface area contributed by atoms with E-state index in [1.165, 1.54) is 12.7 Å². The summed E-state index contributed by atoms with van der Waals surface area (Å²) in [4.78, 5) is 15.9. The van der Waals surface area contributed by atoms with Gasteiger partial charge in [-0.25, -0.2) is 4.98 Å². The van der Waals surface area contributed by atoms with Crippen LogP contribution >= 0.6 is 23.1 Å². The highest BCUT2D eigenvalue weighted by atomic mass is 32.2. The van der Waals surface area contributed by atoms with Crippen LogP contribution in [0.1, 0.15) is 24.6 Å². The van der Waals surface area contributed by atoms with Crippen molar-refractivity contribution in [2.24, 2.45) is 0 Å². The number of rotatable bonds is 6. The van der Waals surface area contributed by atoms with Crippen LogP contribution in [-0.2, 0) is 15.3 Å².